The van der Waals surface area contributed by atoms with Crippen molar-refractivity contribution in [2.24, 2.45) is 0 Å². The summed E-state index contributed by atoms with van der Waals surface area (Å²) in [6, 6.07) is 15.2. The molecule has 0 unspecified atom stereocenters. The first kappa shape index (κ1) is 16.1. The van der Waals surface area contributed by atoms with E-state index in [1.54, 1.807) is 13.3 Å². The van der Waals surface area contributed by atoms with Crippen LogP contribution in [0.1, 0.15) is 11.1 Å². The summed E-state index contributed by atoms with van der Waals surface area (Å²) >= 11 is 0. The molecule has 2 aromatic carbocycles. The summed E-state index contributed by atoms with van der Waals surface area (Å²) in [6.07, 6.45) is 3.90. The van der Waals surface area contributed by atoms with E-state index in [0.29, 0.717) is 13.0 Å². The predicted octanol–water partition coefficient (Wildman–Crippen LogP) is 3.83. The van der Waals surface area contributed by atoms with E-state index in [0.717, 1.165) is 39.4 Å². The number of amides is 1. The highest BCUT2D eigenvalue weighted by molar-refractivity contribution is 5.93. The van der Waals surface area contributed by atoms with Crippen LogP contribution in [-0.4, -0.2) is 18.0 Å². The topological polar surface area (TPSA) is 60.5 Å². The normalized spacial score (nSPS) is 11.7. The molecule has 0 saturated heterocycles. The maximum atomic E-state index is 12.3. The highest BCUT2D eigenvalue weighted by atomic mass is 16.5. The van der Waals surface area contributed by atoms with Gasteiger partial charge in [0.05, 0.1) is 13.5 Å². The van der Waals surface area contributed by atoms with Gasteiger partial charge in [-0.1, -0.05) is 12.1 Å². The van der Waals surface area contributed by atoms with Crippen LogP contribution < -0.4 is 14.8 Å². The Morgan fingerprint density at radius 2 is 2.00 bits per heavy atom. The van der Waals surface area contributed by atoms with E-state index < -0.39 is 0 Å². The summed E-state index contributed by atoms with van der Waals surface area (Å²) in [6.45, 7) is 0.486. The van der Waals surface area contributed by atoms with E-state index in [-0.39, 0.29) is 5.91 Å². The van der Waals surface area contributed by atoms with Gasteiger partial charge in [0.1, 0.15) is 18.1 Å². The number of hydrogen-bond acceptors (Lipinski definition) is 4. The fourth-order valence-corrected chi connectivity index (χ4v) is 3.04. The van der Waals surface area contributed by atoms with Crippen molar-refractivity contribution in [2.45, 2.75) is 13.0 Å². The minimum absolute atomic E-state index is 0.0736. The minimum Gasteiger partial charge on any atom is -0.497 e. The van der Waals surface area contributed by atoms with Crippen LogP contribution in [0, 0.1) is 0 Å². The zero-order chi connectivity index (χ0) is 17.9. The molecule has 0 bridgehead atoms. The lowest BCUT2D eigenvalue weighted by Crippen LogP contribution is -2.15. The largest absolute Gasteiger partial charge is 0.497 e. The Hall–Kier alpha value is -3.34. The standard InChI is InChI=1S/C21H18N2O3/c1-25-17-5-2-14(3-6-17)10-21(24)23-16-4-7-19-18-8-9-22-12-15(18)13-26-20(19)11-16/h2-9,11-12H,10,13H2,1H3,(H,23,24). The van der Waals surface area contributed by atoms with Crippen molar-refractivity contribution in [3.8, 4) is 22.6 Å². The number of pyridine rings is 1. The van der Waals surface area contributed by atoms with Gasteiger partial charge in [-0.15, -0.1) is 0 Å². The van der Waals surface area contributed by atoms with Crippen molar-refractivity contribution in [2.75, 3.05) is 12.4 Å². The molecule has 4 rings (SSSR count). The van der Waals surface area contributed by atoms with Crippen LogP contribution in [0.4, 0.5) is 5.69 Å². The van der Waals surface area contributed by atoms with Crippen LogP contribution in [0.5, 0.6) is 11.5 Å². The molecule has 2 heterocycles. The molecular weight excluding hydrogens is 328 g/mol. The van der Waals surface area contributed by atoms with Crippen molar-refractivity contribution < 1.29 is 14.3 Å². The molecule has 1 amide bonds. The average molecular weight is 346 g/mol. The zero-order valence-corrected chi connectivity index (χ0v) is 14.4. The lowest BCUT2D eigenvalue weighted by atomic mass is 9.98. The average Bonchev–Trinajstić information content (AvgIpc) is 2.68. The monoisotopic (exact) mass is 346 g/mol. The second-order valence-corrected chi connectivity index (χ2v) is 6.11. The second kappa shape index (κ2) is 6.88. The van der Waals surface area contributed by atoms with E-state index >= 15 is 0 Å². The number of benzene rings is 2. The Kier molecular flexibility index (Phi) is 4.27. The molecular formula is C21H18N2O3. The smallest absolute Gasteiger partial charge is 0.228 e. The number of rotatable bonds is 4. The highest BCUT2D eigenvalue weighted by Crippen LogP contribution is 2.38. The molecule has 5 heteroatoms. The molecule has 1 aliphatic heterocycles. The van der Waals surface area contributed by atoms with Gasteiger partial charge in [-0.25, -0.2) is 0 Å². The van der Waals surface area contributed by atoms with Crippen molar-refractivity contribution in [1.82, 2.24) is 4.98 Å². The van der Waals surface area contributed by atoms with Crippen LogP contribution in [0.3, 0.4) is 0 Å². The van der Waals surface area contributed by atoms with Gasteiger partial charge in [0, 0.05) is 35.3 Å². The van der Waals surface area contributed by atoms with Crippen molar-refractivity contribution in [3.05, 3.63) is 72.1 Å². The SMILES string of the molecule is COc1ccc(CC(=O)Nc2ccc3c(c2)OCc2cnccc2-3)cc1. The number of fused-ring (bicyclic) bond motifs is 3. The van der Waals surface area contributed by atoms with Crippen LogP contribution >= 0.6 is 0 Å². The first-order valence-corrected chi connectivity index (χ1v) is 8.36. The maximum Gasteiger partial charge on any atom is 0.228 e. The summed E-state index contributed by atoms with van der Waals surface area (Å²) in [5.74, 6) is 1.47. The number of nitrogens with zero attached hydrogens (tertiary/aromatic N) is 1. The quantitative estimate of drug-likeness (QED) is 0.780. The van der Waals surface area contributed by atoms with Gasteiger partial charge >= 0.3 is 0 Å². The number of hydrogen-bond donors (Lipinski definition) is 1. The molecule has 0 spiro atoms. The van der Waals surface area contributed by atoms with Crippen LogP contribution in [0.15, 0.2) is 60.9 Å². The van der Waals surface area contributed by atoms with Gasteiger partial charge in [0.2, 0.25) is 5.91 Å². The van der Waals surface area contributed by atoms with Gasteiger partial charge in [0.15, 0.2) is 0 Å². The summed E-state index contributed by atoms with van der Waals surface area (Å²) in [7, 11) is 1.62. The molecule has 130 valence electrons. The Labute approximate surface area is 151 Å². The van der Waals surface area contributed by atoms with Crippen LogP contribution in [-0.2, 0) is 17.8 Å². The first-order chi connectivity index (χ1) is 12.7. The van der Waals surface area contributed by atoms with Gasteiger partial charge in [-0.3, -0.25) is 9.78 Å². The van der Waals surface area contributed by atoms with E-state index in [1.165, 1.54) is 0 Å². The summed E-state index contributed by atoms with van der Waals surface area (Å²) in [5.41, 5.74) is 4.86. The fourth-order valence-electron chi connectivity index (χ4n) is 3.04. The Morgan fingerprint density at radius 1 is 1.15 bits per heavy atom. The number of aromatic nitrogens is 1. The number of ether oxygens (including phenoxy) is 2. The number of nitrogens with one attached hydrogen (secondary N) is 1. The number of anilines is 1. The van der Waals surface area contributed by atoms with Gasteiger partial charge < -0.3 is 14.8 Å². The molecule has 1 aromatic heterocycles. The van der Waals surface area contributed by atoms with E-state index in [2.05, 4.69) is 10.3 Å². The molecule has 1 aliphatic rings. The fraction of sp³-hybridized carbons (Fsp3) is 0.143. The molecule has 0 atom stereocenters. The number of carbonyl (C=O) groups is 1. The molecule has 0 saturated carbocycles. The molecule has 0 fully saturated rings. The third-order valence-corrected chi connectivity index (χ3v) is 4.37. The van der Waals surface area contributed by atoms with E-state index in [4.69, 9.17) is 9.47 Å². The van der Waals surface area contributed by atoms with Crippen molar-refractivity contribution >= 4 is 11.6 Å². The van der Waals surface area contributed by atoms with Crippen LogP contribution in [0.2, 0.25) is 0 Å². The lowest BCUT2D eigenvalue weighted by molar-refractivity contribution is -0.115. The first-order valence-electron chi connectivity index (χ1n) is 8.36. The molecule has 5 nitrogen and oxygen atoms in total. The van der Waals surface area contributed by atoms with Gasteiger partial charge in [0.25, 0.3) is 0 Å². The molecule has 26 heavy (non-hydrogen) atoms. The Bertz CT molecular complexity index is 952. The van der Waals surface area contributed by atoms with Crippen molar-refractivity contribution in [1.29, 1.82) is 0 Å². The molecule has 0 radical (unpaired) electrons. The molecule has 0 aliphatic carbocycles. The van der Waals surface area contributed by atoms with Crippen molar-refractivity contribution in [3.63, 3.8) is 0 Å². The van der Waals surface area contributed by atoms with E-state index in [9.17, 15) is 4.79 Å². The Morgan fingerprint density at radius 3 is 2.81 bits per heavy atom. The lowest BCUT2D eigenvalue weighted by Gasteiger charge is -2.21. The highest BCUT2D eigenvalue weighted by Gasteiger charge is 2.17. The second-order valence-electron chi connectivity index (χ2n) is 6.11. The molecule has 1 N–H and O–H groups in total. The third-order valence-electron chi connectivity index (χ3n) is 4.37. The number of carbonyl (C=O) groups excluding carboxylic acids is 1. The maximum absolute atomic E-state index is 12.3. The zero-order valence-electron chi connectivity index (χ0n) is 14.4. The van der Waals surface area contributed by atoms with Gasteiger partial charge in [-0.05, 0) is 41.5 Å². The van der Waals surface area contributed by atoms with Gasteiger partial charge in [-0.2, -0.15) is 0 Å². The Balaban J connectivity index is 1.48. The third kappa shape index (κ3) is 3.24. The minimum atomic E-state index is -0.0736. The molecule has 3 aromatic rings. The number of methoxy groups -OCH3 is 1. The summed E-state index contributed by atoms with van der Waals surface area (Å²) in [4.78, 5) is 16.4. The summed E-state index contributed by atoms with van der Waals surface area (Å²) < 4.78 is 10.9. The van der Waals surface area contributed by atoms with Crippen LogP contribution in [0.25, 0.3) is 11.1 Å². The summed E-state index contributed by atoms with van der Waals surface area (Å²) in [5, 5.41) is 2.93. The predicted molar refractivity (Wildman–Crippen MR) is 99.3 cm³/mol. The van der Waals surface area contributed by atoms with E-state index in [1.807, 2.05) is 54.7 Å².